The first-order valence-electron chi connectivity index (χ1n) is 15.9. The summed E-state index contributed by atoms with van der Waals surface area (Å²) in [7, 11) is 2.11. The quantitative estimate of drug-likeness (QED) is 0.182. The molecule has 0 aliphatic rings. The lowest BCUT2D eigenvalue weighted by Gasteiger charge is -2.24. The van der Waals surface area contributed by atoms with Gasteiger partial charge in [-0.2, -0.15) is 0 Å². The van der Waals surface area contributed by atoms with Gasteiger partial charge in [0.25, 0.3) is 6.33 Å². The second-order valence-corrected chi connectivity index (χ2v) is 13.6. The first-order chi connectivity index (χ1) is 20.4. The van der Waals surface area contributed by atoms with Gasteiger partial charge < -0.3 is 0 Å². The predicted octanol–water partition coefficient (Wildman–Crippen LogP) is 10.6. The molecule has 2 aromatic heterocycles. The first-order valence-corrected chi connectivity index (χ1v) is 15.9. The average Bonchev–Trinajstić information content (AvgIpc) is 2.97. The summed E-state index contributed by atoms with van der Waals surface area (Å²) in [5, 5.41) is 1.16. The van der Waals surface area contributed by atoms with E-state index in [2.05, 4.69) is 135 Å². The molecule has 0 spiro atoms. The summed E-state index contributed by atoms with van der Waals surface area (Å²) < 4.78 is 2.18. The molecule has 0 atom stereocenters. The molecule has 43 heavy (non-hydrogen) atoms. The van der Waals surface area contributed by atoms with E-state index in [9.17, 15) is 0 Å². The van der Waals surface area contributed by atoms with Gasteiger partial charge in [0.2, 0.25) is 0 Å². The normalized spacial score (nSPS) is 12.0. The van der Waals surface area contributed by atoms with Crippen molar-refractivity contribution in [2.45, 2.75) is 92.9 Å². The van der Waals surface area contributed by atoms with E-state index in [1.165, 1.54) is 50.2 Å². The van der Waals surface area contributed by atoms with Gasteiger partial charge in [0.05, 0.1) is 12.4 Å². The summed E-state index contributed by atoms with van der Waals surface area (Å²) in [6, 6.07) is 20.7. The fraction of sp³-hybridized carbons (Fsp3) is 0.375. The van der Waals surface area contributed by atoms with Gasteiger partial charge >= 0.3 is 0 Å². The lowest BCUT2D eigenvalue weighted by atomic mass is 9.80. The maximum absolute atomic E-state index is 4.87. The van der Waals surface area contributed by atoms with Gasteiger partial charge in [0.15, 0.2) is 5.52 Å². The second kappa shape index (κ2) is 12.0. The van der Waals surface area contributed by atoms with Gasteiger partial charge in [-0.25, -0.2) is 4.57 Å². The van der Waals surface area contributed by atoms with Crippen molar-refractivity contribution < 1.29 is 4.57 Å². The number of nitrogens with zero attached hydrogens (tertiary/aromatic N) is 3. The van der Waals surface area contributed by atoms with E-state index in [0.29, 0.717) is 23.7 Å². The van der Waals surface area contributed by atoms with Crippen molar-refractivity contribution in [2.75, 3.05) is 0 Å². The number of pyridine rings is 1. The molecule has 222 valence electrons. The molecule has 0 unspecified atom stereocenters. The summed E-state index contributed by atoms with van der Waals surface area (Å²) in [4.78, 5) is 9.58. The molecular weight excluding hydrogens is 522 g/mol. The average molecular weight is 571 g/mol. The molecule has 5 aromatic rings. The van der Waals surface area contributed by atoms with Crippen molar-refractivity contribution in [2.24, 2.45) is 7.05 Å². The fourth-order valence-electron chi connectivity index (χ4n) is 6.21. The van der Waals surface area contributed by atoms with Crippen LogP contribution < -0.4 is 4.57 Å². The Bertz CT molecular complexity index is 1760. The van der Waals surface area contributed by atoms with Gasteiger partial charge in [-0.1, -0.05) is 85.7 Å². The minimum absolute atomic E-state index is 0.415. The van der Waals surface area contributed by atoms with E-state index >= 15 is 0 Å². The molecule has 0 aliphatic heterocycles. The van der Waals surface area contributed by atoms with Crippen molar-refractivity contribution in [3.8, 4) is 33.5 Å². The standard InChI is InChI=1S/C40H48N3/c1-23(2)31-17-34(24(3)4)39(35(18-31)25(5)6)32-16-27(9)28(10)36(19-32)40-33-14-12-29(20-38(33)42-22-43(40)11)30-13-15-37(26(7)8)41-21-30/h12-26H,1-11H3/q+1. The topological polar surface area (TPSA) is 29.7 Å². The third kappa shape index (κ3) is 5.87. The summed E-state index contributed by atoms with van der Waals surface area (Å²) >= 11 is 0. The lowest BCUT2D eigenvalue weighted by Crippen LogP contribution is -2.32. The van der Waals surface area contributed by atoms with Crippen LogP contribution in [0.2, 0.25) is 0 Å². The monoisotopic (exact) mass is 570 g/mol. The molecule has 0 radical (unpaired) electrons. The molecule has 0 saturated heterocycles. The van der Waals surface area contributed by atoms with E-state index in [0.717, 1.165) is 27.7 Å². The smallest absolute Gasteiger partial charge is 0.260 e. The number of rotatable bonds is 7. The highest BCUT2D eigenvalue weighted by molar-refractivity contribution is 5.95. The SMILES string of the molecule is Cc1cc(-c2c(C(C)C)cc(C(C)C)cc2C(C)C)cc(-c2c3ccc(-c4ccc(C(C)C)nc4)cc3nc[n+]2C)c1C. The largest absolute Gasteiger partial charge is 0.287 e. The Hall–Kier alpha value is -3.85. The van der Waals surface area contributed by atoms with Gasteiger partial charge in [-0.05, 0) is 111 Å². The van der Waals surface area contributed by atoms with Crippen LogP contribution in [0.1, 0.15) is 113 Å². The van der Waals surface area contributed by atoms with Crippen LogP contribution in [0.15, 0.2) is 67.1 Å². The van der Waals surface area contributed by atoms with E-state index in [4.69, 9.17) is 9.97 Å². The molecule has 0 fully saturated rings. The molecule has 2 heterocycles. The van der Waals surface area contributed by atoms with Gasteiger partial charge in [0.1, 0.15) is 5.69 Å². The third-order valence-corrected chi connectivity index (χ3v) is 9.03. The fourth-order valence-corrected chi connectivity index (χ4v) is 6.21. The van der Waals surface area contributed by atoms with Crippen LogP contribution in [0.5, 0.6) is 0 Å². The molecule has 0 aliphatic carbocycles. The summed E-state index contributed by atoms with van der Waals surface area (Å²) in [5.41, 5.74) is 16.4. The van der Waals surface area contributed by atoms with E-state index in [-0.39, 0.29) is 0 Å². The molecule has 0 amide bonds. The maximum Gasteiger partial charge on any atom is 0.287 e. The molecule has 0 bridgehead atoms. The number of aryl methyl sites for hydroxylation is 2. The predicted molar refractivity (Wildman–Crippen MR) is 183 cm³/mol. The Morgan fingerprint density at radius 2 is 1.28 bits per heavy atom. The van der Waals surface area contributed by atoms with Crippen molar-refractivity contribution in [1.29, 1.82) is 0 Å². The Kier molecular flexibility index (Phi) is 8.56. The Labute approximate surface area is 259 Å². The van der Waals surface area contributed by atoms with Crippen molar-refractivity contribution in [1.82, 2.24) is 9.97 Å². The van der Waals surface area contributed by atoms with Crippen LogP contribution in [0, 0.1) is 13.8 Å². The van der Waals surface area contributed by atoms with Crippen LogP contribution in [0.25, 0.3) is 44.4 Å². The zero-order valence-corrected chi connectivity index (χ0v) is 28.0. The van der Waals surface area contributed by atoms with Crippen molar-refractivity contribution in [3.05, 3.63) is 101 Å². The van der Waals surface area contributed by atoms with E-state index < -0.39 is 0 Å². The number of benzene rings is 3. The zero-order valence-electron chi connectivity index (χ0n) is 28.0. The van der Waals surface area contributed by atoms with E-state index in [1.54, 1.807) is 0 Å². The minimum Gasteiger partial charge on any atom is -0.260 e. The minimum atomic E-state index is 0.415. The molecule has 5 rings (SSSR count). The number of fused-ring (bicyclic) bond motifs is 1. The highest BCUT2D eigenvalue weighted by Crippen LogP contribution is 2.42. The second-order valence-electron chi connectivity index (χ2n) is 13.6. The van der Waals surface area contributed by atoms with E-state index in [1.807, 2.05) is 12.5 Å². The van der Waals surface area contributed by atoms with Crippen LogP contribution in [0.4, 0.5) is 0 Å². The third-order valence-electron chi connectivity index (χ3n) is 9.03. The van der Waals surface area contributed by atoms with Crippen molar-refractivity contribution in [3.63, 3.8) is 0 Å². The maximum atomic E-state index is 4.87. The van der Waals surface area contributed by atoms with Gasteiger partial charge in [0, 0.05) is 23.0 Å². The van der Waals surface area contributed by atoms with Gasteiger partial charge in [-0.3, -0.25) is 4.98 Å². The molecule has 0 saturated carbocycles. The Balaban J connectivity index is 1.72. The lowest BCUT2D eigenvalue weighted by molar-refractivity contribution is -0.662. The number of hydrogen-bond acceptors (Lipinski definition) is 2. The first kappa shape index (κ1) is 30.6. The van der Waals surface area contributed by atoms with Crippen LogP contribution in [-0.2, 0) is 7.05 Å². The van der Waals surface area contributed by atoms with Crippen LogP contribution in [-0.4, -0.2) is 9.97 Å². The highest BCUT2D eigenvalue weighted by Gasteiger charge is 2.23. The number of aromatic nitrogens is 3. The Morgan fingerprint density at radius 1 is 0.628 bits per heavy atom. The summed E-state index contributed by atoms with van der Waals surface area (Å²) in [5.74, 6) is 1.77. The van der Waals surface area contributed by atoms with Crippen LogP contribution >= 0.6 is 0 Å². The van der Waals surface area contributed by atoms with Gasteiger partial charge in [-0.15, -0.1) is 0 Å². The molecule has 3 aromatic carbocycles. The van der Waals surface area contributed by atoms with Crippen molar-refractivity contribution >= 4 is 10.9 Å². The molecular formula is C40H48N3+. The molecule has 0 N–H and O–H groups in total. The summed E-state index contributed by atoms with van der Waals surface area (Å²) in [6.07, 6.45) is 3.94. The molecule has 3 heteroatoms. The Morgan fingerprint density at radius 3 is 1.84 bits per heavy atom. The summed E-state index contributed by atoms with van der Waals surface area (Å²) in [6.45, 7) is 22.8. The number of hydrogen-bond donors (Lipinski definition) is 0. The zero-order chi connectivity index (χ0) is 31.2. The highest BCUT2D eigenvalue weighted by atomic mass is 15.0. The van der Waals surface area contributed by atoms with Crippen LogP contribution in [0.3, 0.4) is 0 Å². The molecule has 3 nitrogen and oxygen atoms in total.